The molecule has 0 aliphatic heterocycles. The van der Waals surface area contributed by atoms with Crippen LogP contribution in [0.15, 0.2) is 6.07 Å². The van der Waals surface area contributed by atoms with E-state index in [-0.39, 0.29) is 5.56 Å². The van der Waals surface area contributed by atoms with Crippen LogP contribution in [0.1, 0.15) is 16.8 Å². The number of aromatic hydroxyl groups is 2. The number of nitrogens with one attached hydrogen (secondary N) is 1. The van der Waals surface area contributed by atoms with Gasteiger partial charge in [-0.2, -0.15) is 0 Å². The van der Waals surface area contributed by atoms with Gasteiger partial charge in [0.05, 0.1) is 18.0 Å². The van der Waals surface area contributed by atoms with Gasteiger partial charge in [0, 0.05) is 6.07 Å². The zero-order chi connectivity index (χ0) is 11.6. The molecule has 0 aliphatic carbocycles. The summed E-state index contributed by atoms with van der Waals surface area (Å²) in [5, 5.41) is 26.5. The van der Waals surface area contributed by atoms with Gasteiger partial charge in [0.15, 0.2) is 11.7 Å². The van der Waals surface area contributed by atoms with Crippen LogP contribution in [-0.4, -0.2) is 38.1 Å². The number of hydrogen-bond acceptors (Lipinski definition) is 5. The minimum Gasteiger partial charge on any atom is -0.494 e. The minimum atomic E-state index is -1.25. The van der Waals surface area contributed by atoms with Gasteiger partial charge in [-0.1, -0.05) is 0 Å². The van der Waals surface area contributed by atoms with Crippen molar-refractivity contribution >= 4 is 11.8 Å². The Balaban J connectivity index is 2.84. The van der Waals surface area contributed by atoms with Crippen LogP contribution < -0.4 is 5.73 Å². The van der Waals surface area contributed by atoms with Crippen molar-refractivity contribution in [2.45, 2.75) is 12.5 Å². The van der Waals surface area contributed by atoms with Crippen molar-refractivity contribution in [2.75, 3.05) is 0 Å². The van der Waals surface area contributed by atoms with Crippen LogP contribution in [0.2, 0.25) is 0 Å². The monoisotopic (exact) mass is 214 g/mol. The molecular weight excluding hydrogens is 204 g/mol. The Morgan fingerprint density at radius 3 is 2.47 bits per heavy atom. The highest BCUT2D eigenvalue weighted by Gasteiger charge is 2.23. The number of nitrogens with two attached hydrogens (primary N) is 1. The van der Waals surface area contributed by atoms with E-state index in [4.69, 9.17) is 21.1 Å². The van der Waals surface area contributed by atoms with Crippen LogP contribution in [0.3, 0.4) is 0 Å². The molecule has 0 bridgehead atoms. The van der Waals surface area contributed by atoms with Crippen LogP contribution in [0.5, 0.6) is 11.8 Å². The fourth-order valence-electron chi connectivity index (χ4n) is 1.10. The third-order valence-electron chi connectivity index (χ3n) is 1.78. The van der Waals surface area contributed by atoms with E-state index in [9.17, 15) is 9.59 Å². The molecule has 7 heteroatoms. The summed E-state index contributed by atoms with van der Waals surface area (Å²) in [4.78, 5) is 23.8. The number of carboxylic acids is 1. The van der Waals surface area contributed by atoms with Crippen LogP contribution in [0.4, 0.5) is 0 Å². The van der Waals surface area contributed by atoms with Gasteiger partial charge in [0.1, 0.15) is 0 Å². The Labute approximate surface area is 84.1 Å². The van der Waals surface area contributed by atoms with Gasteiger partial charge in [-0.3, -0.25) is 14.6 Å². The molecule has 1 rings (SSSR count). The van der Waals surface area contributed by atoms with E-state index in [2.05, 4.69) is 4.98 Å². The molecule has 7 nitrogen and oxygen atoms in total. The molecule has 82 valence electrons. The predicted molar refractivity (Wildman–Crippen MR) is 48.7 cm³/mol. The molecule has 6 N–H and O–H groups in total. The molecule has 0 amide bonds. The van der Waals surface area contributed by atoms with E-state index in [1.807, 2.05) is 0 Å². The SMILES string of the molecule is N[C@@H](CC(=O)O)C(=O)c1cc(O)[nH]c1O. The van der Waals surface area contributed by atoms with Crippen molar-refractivity contribution in [3.05, 3.63) is 11.6 Å². The number of carbonyl (C=O) groups excluding carboxylic acids is 1. The number of aromatic amines is 1. The summed E-state index contributed by atoms with van der Waals surface area (Å²) in [6, 6.07) is -0.261. The van der Waals surface area contributed by atoms with E-state index in [1.165, 1.54) is 0 Å². The smallest absolute Gasteiger partial charge is 0.305 e. The molecule has 0 saturated heterocycles. The van der Waals surface area contributed by atoms with Crippen LogP contribution in [0, 0.1) is 0 Å². The van der Waals surface area contributed by atoms with Gasteiger partial charge in [-0.05, 0) is 0 Å². The first-order chi connectivity index (χ1) is 6.91. The summed E-state index contributed by atoms with van der Waals surface area (Å²) < 4.78 is 0. The van der Waals surface area contributed by atoms with E-state index in [0.717, 1.165) is 6.07 Å². The van der Waals surface area contributed by atoms with Crippen molar-refractivity contribution < 1.29 is 24.9 Å². The third kappa shape index (κ3) is 2.47. The number of aromatic nitrogens is 1. The molecule has 0 fully saturated rings. The summed E-state index contributed by atoms with van der Waals surface area (Å²) in [5.74, 6) is -2.88. The second-order valence-electron chi connectivity index (χ2n) is 2.99. The Kier molecular flexibility index (Phi) is 2.96. The minimum absolute atomic E-state index is 0.221. The second kappa shape index (κ2) is 4.01. The van der Waals surface area contributed by atoms with E-state index < -0.39 is 36.0 Å². The first-order valence-corrected chi connectivity index (χ1v) is 4.04. The zero-order valence-corrected chi connectivity index (χ0v) is 7.60. The van der Waals surface area contributed by atoms with Gasteiger partial charge in [-0.15, -0.1) is 0 Å². The van der Waals surface area contributed by atoms with Gasteiger partial charge in [-0.25, -0.2) is 0 Å². The van der Waals surface area contributed by atoms with Crippen molar-refractivity contribution in [3.63, 3.8) is 0 Å². The lowest BCUT2D eigenvalue weighted by atomic mass is 10.0. The highest BCUT2D eigenvalue weighted by atomic mass is 16.4. The summed E-state index contributed by atoms with van der Waals surface area (Å²) in [5.41, 5.74) is 5.07. The van der Waals surface area contributed by atoms with Crippen LogP contribution in [0.25, 0.3) is 0 Å². The highest BCUT2D eigenvalue weighted by molar-refractivity contribution is 6.03. The molecule has 0 radical (unpaired) electrons. The standard InChI is InChI=1S/C8H10N2O5/c9-4(2-6(12)13)7(14)3-1-5(11)10-8(3)15/h1,4,10-11,15H,2,9H2,(H,12,13)/t4-/m0/s1. The Hall–Kier alpha value is -2.02. The maximum Gasteiger partial charge on any atom is 0.305 e. The summed E-state index contributed by atoms with van der Waals surface area (Å²) in [6.45, 7) is 0. The van der Waals surface area contributed by atoms with Crippen molar-refractivity contribution in [3.8, 4) is 11.8 Å². The molecule has 0 unspecified atom stereocenters. The van der Waals surface area contributed by atoms with Gasteiger partial charge in [0.25, 0.3) is 0 Å². The molecule has 1 aromatic rings. The topological polar surface area (TPSA) is 137 Å². The van der Waals surface area contributed by atoms with E-state index >= 15 is 0 Å². The molecule has 0 saturated carbocycles. The first kappa shape index (κ1) is 11.1. The molecule has 0 aromatic carbocycles. The maximum absolute atomic E-state index is 11.4. The highest BCUT2D eigenvalue weighted by Crippen LogP contribution is 2.22. The number of aliphatic carboxylic acids is 1. The number of carbonyl (C=O) groups is 2. The number of ketones is 1. The maximum atomic E-state index is 11.4. The molecule has 1 atom stereocenters. The molecular formula is C8H10N2O5. The van der Waals surface area contributed by atoms with Gasteiger partial charge in [0.2, 0.25) is 5.88 Å². The fraction of sp³-hybridized carbons (Fsp3) is 0.250. The van der Waals surface area contributed by atoms with Gasteiger partial charge >= 0.3 is 5.97 Å². The van der Waals surface area contributed by atoms with Crippen molar-refractivity contribution in [2.24, 2.45) is 5.73 Å². The number of hydrogen-bond donors (Lipinski definition) is 5. The van der Waals surface area contributed by atoms with Crippen LogP contribution in [-0.2, 0) is 4.79 Å². The lowest BCUT2D eigenvalue weighted by Crippen LogP contribution is -2.32. The van der Waals surface area contributed by atoms with E-state index in [0.29, 0.717) is 0 Å². The molecule has 15 heavy (non-hydrogen) atoms. The lowest BCUT2D eigenvalue weighted by Gasteiger charge is -2.05. The summed E-state index contributed by atoms with van der Waals surface area (Å²) in [7, 11) is 0. The van der Waals surface area contributed by atoms with E-state index in [1.54, 1.807) is 0 Å². The molecule has 0 aliphatic rings. The zero-order valence-electron chi connectivity index (χ0n) is 7.60. The average molecular weight is 214 g/mol. The predicted octanol–water partition coefficient (Wildman–Crippen LogP) is -0.589. The second-order valence-corrected chi connectivity index (χ2v) is 2.99. The average Bonchev–Trinajstić information content (AvgIpc) is 2.42. The lowest BCUT2D eigenvalue weighted by molar-refractivity contribution is -0.137. The fourth-order valence-corrected chi connectivity index (χ4v) is 1.10. The Bertz CT molecular complexity index is 398. The molecule has 1 heterocycles. The van der Waals surface area contributed by atoms with Crippen molar-refractivity contribution in [1.29, 1.82) is 0 Å². The largest absolute Gasteiger partial charge is 0.494 e. The summed E-state index contributed by atoms with van der Waals surface area (Å²) in [6.07, 6.45) is -0.537. The number of H-pyrrole nitrogens is 1. The summed E-state index contributed by atoms with van der Waals surface area (Å²) >= 11 is 0. The van der Waals surface area contributed by atoms with Crippen molar-refractivity contribution in [1.82, 2.24) is 4.98 Å². The Morgan fingerprint density at radius 2 is 2.07 bits per heavy atom. The Morgan fingerprint density at radius 1 is 1.47 bits per heavy atom. The quantitative estimate of drug-likeness (QED) is 0.425. The third-order valence-corrected chi connectivity index (χ3v) is 1.78. The van der Waals surface area contributed by atoms with Gasteiger partial charge < -0.3 is 21.1 Å². The normalized spacial score (nSPS) is 12.3. The number of rotatable bonds is 4. The molecule has 1 aromatic heterocycles. The number of Topliss-reactive ketones (excluding diaryl/α,β-unsaturated/α-hetero) is 1. The van der Waals surface area contributed by atoms with Crippen LogP contribution >= 0.6 is 0 Å². The molecule has 0 spiro atoms. The number of carboxylic acid groups (broad SMARTS) is 1. The first-order valence-electron chi connectivity index (χ1n) is 4.04.